The van der Waals surface area contributed by atoms with E-state index >= 15 is 0 Å². The molecule has 0 unspecified atom stereocenters. The quantitative estimate of drug-likeness (QED) is 0.0256. The van der Waals surface area contributed by atoms with Crippen molar-refractivity contribution in [3.63, 3.8) is 0 Å². The number of carbonyl (C=O) groups is 9. The topological polar surface area (TPSA) is 430 Å². The highest BCUT2D eigenvalue weighted by atomic mass is 16.5. The van der Waals surface area contributed by atoms with Crippen molar-refractivity contribution in [1.29, 1.82) is 0 Å². The number of aromatic amines is 1. The van der Waals surface area contributed by atoms with Gasteiger partial charge in [0.05, 0.1) is 13.2 Å². The van der Waals surface area contributed by atoms with E-state index in [1.165, 1.54) is 6.92 Å². The molecule has 3 aromatic carbocycles. The summed E-state index contributed by atoms with van der Waals surface area (Å²) in [4.78, 5) is 137. The minimum Gasteiger partial charge on any atom is -0.374 e. The predicted octanol–water partition coefficient (Wildman–Crippen LogP) is -2.13. The highest BCUT2D eigenvalue weighted by molar-refractivity contribution is 5.98. The van der Waals surface area contributed by atoms with E-state index in [0.717, 1.165) is 16.5 Å². The fourth-order valence-electron chi connectivity index (χ4n) is 8.72. The number of nitrogens with zero attached hydrogens (tertiary/aromatic N) is 2. The number of carbonyl (C=O) groups excluding carboxylic acids is 9. The minimum absolute atomic E-state index is 0.0108. The average molecular weight is 1110 g/mol. The van der Waals surface area contributed by atoms with Crippen molar-refractivity contribution in [3.8, 4) is 0 Å². The molecule has 2 heterocycles. The Morgan fingerprint density at radius 3 is 1.90 bits per heavy atom. The molecular weight excluding hydrogens is 1030 g/mol. The molecule has 1 aromatic heterocycles. The molecule has 80 heavy (non-hydrogen) atoms. The maximum absolute atomic E-state index is 14.8. The van der Waals surface area contributed by atoms with Gasteiger partial charge in [0.2, 0.25) is 53.2 Å². The Hall–Kier alpha value is -9.07. The van der Waals surface area contributed by atoms with Crippen LogP contribution >= 0.6 is 0 Å². The second-order valence-corrected chi connectivity index (χ2v) is 19.2. The summed E-state index contributed by atoms with van der Waals surface area (Å²) in [5, 5.41) is 22.3. The number of nitrogens with one attached hydrogen (secondary N) is 9. The lowest BCUT2D eigenvalue weighted by molar-refractivity contribution is -0.136. The number of rotatable bonds is 20. The summed E-state index contributed by atoms with van der Waals surface area (Å²) in [7, 11) is 0. The van der Waals surface area contributed by atoms with Gasteiger partial charge in [-0.1, -0.05) is 78.9 Å². The fraction of sp³-hybridized carbons (Fsp3) is 0.426. The van der Waals surface area contributed by atoms with Gasteiger partial charge in [0.15, 0.2) is 11.9 Å². The van der Waals surface area contributed by atoms with Crippen LogP contribution in [0.1, 0.15) is 75.0 Å². The van der Waals surface area contributed by atoms with Gasteiger partial charge >= 0.3 is 0 Å². The van der Waals surface area contributed by atoms with Crippen LogP contribution in [0.3, 0.4) is 0 Å². The van der Waals surface area contributed by atoms with Crippen LogP contribution in [0.4, 0.5) is 0 Å². The van der Waals surface area contributed by atoms with E-state index in [0.29, 0.717) is 11.1 Å². The number of H-pyrrole nitrogens is 1. The summed E-state index contributed by atoms with van der Waals surface area (Å²) in [6.45, 7) is 0.868. The molecule has 430 valence electrons. The Balaban J connectivity index is 1.55. The molecule has 0 bridgehead atoms. The van der Waals surface area contributed by atoms with Gasteiger partial charge in [-0.2, -0.15) is 0 Å². The molecule has 7 atom stereocenters. The van der Waals surface area contributed by atoms with Crippen molar-refractivity contribution in [2.75, 3.05) is 26.2 Å². The maximum Gasteiger partial charge on any atom is 0.245 e. The summed E-state index contributed by atoms with van der Waals surface area (Å²) in [6, 6.07) is 15.2. The predicted molar refractivity (Wildman–Crippen MR) is 298 cm³/mol. The Labute approximate surface area is 462 Å². The molecule has 1 aliphatic heterocycles. The van der Waals surface area contributed by atoms with Gasteiger partial charge in [-0.3, -0.25) is 53.1 Å². The first-order valence-electron chi connectivity index (χ1n) is 26.3. The van der Waals surface area contributed by atoms with E-state index < -0.39 is 102 Å². The normalized spacial score (nSPS) is 20.5. The van der Waals surface area contributed by atoms with E-state index in [1.54, 1.807) is 66.9 Å². The van der Waals surface area contributed by atoms with Crippen LogP contribution in [0.15, 0.2) is 101 Å². The highest BCUT2D eigenvalue weighted by Crippen LogP contribution is 2.20. The molecule has 4 aromatic rings. The zero-order chi connectivity index (χ0) is 58.0. The van der Waals surface area contributed by atoms with Crippen LogP contribution in [0.5, 0.6) is 0 Å². The number of guanidine groups is 2. The lowest BCUT2D eigenvalue weighted by Crippen LogP contribution is -2.61. The van der Waals surface area contributed by atoms with Crippen molar-refractivity contribution in [3.05, 3.63) is 108 Å². The molecule has 26 nitrogen and oxygen atoms in total. The lowest BCUT2D eigenvalue weighted by atomic mass is 10.0. The fourth-order valence-corrected chi connectivity index (χ4v) is 8.72. The van der Waals surface area contributed by atoms with Crippen LogP contribution in [0.25, 0.3) is 10.9 Å². The SMILES string of the molecule is CC(=O)N[C@@H](CCCN=C(N)N)C(=O)N[C@H]1CCC(=O)NCCC[C@@H](C(N)=O)NC(=O)[C@H](Cc2c[nH]c3ccccc23)NC(=O)[C@H](CCCN=C(N)N)NC(=O)[C@@H](Cc2ccccc2)NC(=O)[C@H](COCc2ccccc2)NC1=O. The molecular formula is C54H74N16O10. The van der Waals surface area contributed by atoms with Gasteiger partial charge in [-0.05, 0) is 67.7 Å². The monoisotopic (exact) mass is 1110 g/mol. The second-order valence-electron chi connectivity index (χ2n) is 19.2. The molecule has 0 aliphatic carbocycles. The molecule has 5 rings (SSSR count). The van der Waals surface area contributed by atoms with Crippen LogP contribution in [-0.4, -0.2) is 139 Å². The summed E-state index contributed by atoms with van der Waals surface area (Å²) >= 11 is 0. The van der Waals surface area contributed by atoms with Crippen LogP contribution in [0, 0.1) is 0 Å². The smallest absolute Gasteiger partial charge is 0.245 e. The maximum atomic E-state index is 14.8. The van der Waals surface area contributed by atoms with Crippen molar-refractivity contribution in [2.45, 2.75) is 120 Å². The summed E-state index contributed by atoms with van der Waals surface area (Å²) < 4.78 is 6.00. The Morgan fingerprint density at radius 2 is 1.24 bits per heavy atom. The Kier molecular flexibility index (Phi) is 24.7. The molecule has 0 radical (unpaired) electrons. The number of aromatic nitrogens is 1. The van der Waals surface area contributed by atoms with E-state index in [2.05, 4.69) is 57.5 Å². The Bertz CT molecular complexity index is 2800. The van der Waals surface area contributed by atoms with E-state index in [1.807, 2.05) is 24.3 Å². The zero-order valence-corrected chi connectivity index (χ0v) is 44.7. The van der Waals surface area contributed by atoms with Crippen LogP contribution in [-0.2, 0) is 67.3 Å². The second kappa shape index (κ2) is 32.0. The molecule has 1 aliphatic rings. The molecule has 1 fully saturated rings. The number of ether oxygens (including phenoxy) is 1. The number of benzene rings is 3. The molecule has 0 saturated carbocycles. The van der Waals surface area contributed by atoms with Gasteiger partial charge in [0.1, 0.15) is 42.3 Å². The van der Waals surface area contributed by atoms with E-state index in [9.17, 15) is 43.2 Å². The molecule has 9 amide bonds. The van der Waals surface area contributed by atoms with Gasteiger partial charge in [0, 0.05) is 62.9 Å². The zero-order valence-electron chi connectivity index (χ0n) is 44.7. The standard InChI is InChI=1S/C54H74N16O10/c1-32(71)64-39(20-11-25-61-53(56)57)47(74)67-41-22-23-45(72)60-24-10-19-38(46(55)73)65-51(78)43(28-35-29-63-37-18-9-8-17-36(35)37)69-48(75)40(21-12-26-62-54(58)59)66-50(77)42(27-33-13-4-2-5-14-33)68-52(79)44(70-49(41)76)31-80-30-34-15-6-3-7-16-34/h2-9,13-18,29,38-44,63H,10-12,19-28,30-31H2,1H3,(H2,55,73)(H,60,72)(H,64,71)(H,65,78)(H,66,77)(H,67,74)(H,68,79)(H,69,75)(H,70,76)(H4,56,57,61)(H4,58,59,62)/t38-,39-,40-,41-,42+,43-,44-/m0/s1. The third kappa shape index (κ3) is 21.0. The Morgan fingerprint density at radius 1 is 0.662 bits per heavy atom. The minimum atomic E-state index is -1.56. The summed E-state index contributed by atoms with van der Waals surface area (Å²) in [6.07, 6.45) is 1.21. The number of amides is 9. The number of nitrogens with two attached hydrogens (primary N) is 5. The van der Waals surface area contributed by atoms with Crippen LogP contribution in [0.2, 0.25) is 0 Å². The van der Waals surface area contributed by atoms with Gasteiger partial charge in [-0.25, -0.2) is 0 Å². The number of para-hydroxylation sites is 1. The van der Waals surface area contributed by atoms with Gasteiger partial charge in [0.25, 0.3) is 0 Å². The van der Waals surface area contributed by atoms with Crippen molar-refractivity contribution >= 4 is 76.0 Å². The average Bonchev–Trinajstić information content (AvgIpc) is 3.83. The largest absolute Gasteiger partial charge is 0.374 e. The number of aliphatic imine (C=N–C) groups is 2. The lowest BCUT2D eigenvalue weighted by Gasteiger charge is -2.28. The first kappa shape index (κ1) is 61.8. The first-order chi connectivity index (χ1) is 38.4. The van der Waals surface area contributed by atoms with Gasteiger partial charge in [-0.15, -0.1) is 0 Å². The molecule has 0 spiro atoms. The molecule has 1 saturated heterocycles. The molecule has 19 N–H and O–H groups in total. The van der Waals surface area contributed by atoms with Gasteiger partial charge < -0.3 is 80.9 Å². The van der Waals surface area contributed by atoms with E-state index in [-0.39, 0.29) is 102 Å². The van der Waals surface area contributed by atoms with Crippen molar-refractivity contribution in [1.82, 2.24) is 47.5 Å². The van der Waals surface area contributed by atoms with Crippen molar-refractivity contribution < 1.29 is 47.9 Å². The number of hydrogen-bond acceptors (Lipinski definition) is 12. The first-order valence-corrected chi connectivity index (χ1v) is 26.3. The third-order valence-electron chi connectivity index (χ3n) is 12.8. The number of primary amides is 1. The van der Waals surface area contributed by atoms with E-state index in [4.69, 9.17) is 33.4 Å². The summed E-state index contributed by atoms with van der Waals surface area (Å²) in [5.41, 5.74) is 30.6. The third-order valence-corrected chi connectivity index (χ3v) is 12.8. The highest BCUT2D eigenvalue weighted by Gasteiger charge is 2.35. The molecule has 26 heteroatoms. The van der Waals surface area contributed by atoms with Crippen LogP contribution < -0.4 is 71.2 Å². The summed E-state index contributed by atoms with van der Waals surface area (Å²) in [5.74, 6) is -7.50. The number of fused-ring (bicyclic) bond motifs is 1. The number of hydrogen-bond donors (Lipinski definition) is 14. The van der Waals surface area contributed by atoms with Crippen molar-refractivity contribution in [2.24, 2.45) is 38.7 Å².